The molecule has 0 radical (unpaired) electrons. The van der Waals surface area contributed by atoms with Gasteiger partial charge in [0, 0.05) is 6.92 Å². The second kappa shape index (κ2) is 7.10. The lowest BCUT2D eigenvalue weighted by atomic mass is 10.1. The highest BCUT2D eigenvalue weighted by molar-refractivity contribution is 5.65. The summed E-state index contributed by atoms with van der Waals surface area (Å²) < 4.78 is 9.64. The van der Waals surface area contributed by atoms with Gasteiger partial charge in [-0.3, -0.25) is 4.79 Å². The van der Waals surface area contributed by atoms with Gasteiger partial charge in [0.1, 0.15) is 0 Å². The molecule has 0 saturated carbocycles. The summed E-state index contributed by atoms with van der Waals surface area (Å²) >= 11 is 0. The molecule has 3 heteroatoms. The first-order valence-corrected chi connectivity index (χ1v) is 4.34. The van der Waals surface area contributed by atoms with Crippen LogP contribution in [0.5, 0.6) is 0 Å². The Balaban J connectivity index is 2.96. The van der Waals surface area contributed by atoms with Crippen LogP contribution in [-0.2, 0) is 14.3 Å². The van der Waals surface area contributed by atoms with Gasteiger partial charge in [0.15, 0.2) is 6.79 Å². The molecule has 0 aromatic rings. The van der Waals surface area contributed by atoms with Crippen molar-refractivity contribution in [1.29, 1.82) is 0 Å². The molecule has 0 aromatic carbocycles. The predicted molar refractivity (Wildman–Crippen MR) is 46.7 cm³/mol. The van der Waals surface area contributed by atoms with E-state index in [4.69, 9.17) is 4.74 Å². The van der Waals surface area contributed by atoms with E-state index < -0.39 is 0 Å². The van der Waals surface area contributed by atoms with Crippen LogP contribution in [0.25, 0.3) is 0 Å². The highest BCUT2D eigenvalue weighted by Crippen LogP contribution is 2.02. The topological polar surface area (TPSA) is 35.5 Å². The van der Waals surface area contributed by atoms with Gasteiger partial charge >= 0.3 is 5.97 Å². The van der Waals surface area contributed by atoms with E-state index in [9.17, 15) is 4.79 Å². The van der Waals surface area contributed by atoms with Gasteiger partial charge in [-0.05, 0) is 18.8 Å². The third kappa shape index (κ3) is 9.43. The minimum atomic E-state index is -0.293. The molecule has 0 saturated heterocycles. The fraction of sp³-hybridized carbons (Fsp3) is 0.889. The van der Waals surface area contributed by atoms with Crippen LogP contribution >= 0.6 is 0 Å². The molecular formula is C9H18O3. The minimum absolute atomic E-state index is 0.0907. The maximum atomic E-state index is 10.3. The Hall–Kier alpha value is -0.570. The first-order chi connectivity index (χ1) is 5.63. The summed E-state index contributed by atoms with van der Waals surface area (Å²) in [5.41, 5.74) is 0. The zero-order valence-electron chi connectivity index (χ0n) is 8.13. The zero-order valence-corrected chi connectivity index (χ0v) is 8.13. The molecule has 0 unspecified atom stereocenters. The Labute approximate surface area is 74.0 Å². The van der Waals surface area contributed by atoms with Crippen molar-refractivity contribution >= 4 is 5.97 Å². The van der Waals surface area contributed by atoms with Crippen LogP contribution in [0.1, 0.15) is 33.6 Å². The Morgan fingerprint density at radius 3 is 2.58 bits per heavy atom. The van der Waals surface area contributed by atoms with Crippen molar-refractivity contribution in [1.82, 2.24) is 0 Å². The molecule has 0 bridgehead atoms. The molecule has 0 amide bonds. The van der Waals surface area contributed by atoms with Crippen LogP contribution in [0.4, 0.5) is 0 Å². The Morgan fingerprint density at radius 2 is 2.08 bits per heavy atom. The van der Waals surface area contributed by atoms with Gasteiger partial charge in [0.05, 0.1) is 6.61 Å². The molecule has 0 N–H and O–H groups in total. The third-order valence-electron chi connectivity index (χ3n) is 1.42. The molecule has 3 nitrogen and oxygen atoms in total. The van der Waals surface area contributed by atoms with Crippen LogP contribution in [0.15, 0.2) is 0 Å². The molecule has 0 spiro atoms. The minimum Gasteiger partial charge on any atom is -0.439 e. The average molecular weight is 174 g/mol. The summed E-state index contributed by atoms with van der Waals surface area (Å²) in [7, 11) is 0. The molecule has 12 heavy (non-hydrogen) atoms. The van der Waals surface area contributed by atoms with Crippen molar-refractivity contribution in [2.45, 2.75) is 33.6 Å². The van der Waals surface area contributed by atoms with Crippen LogP contribution in [0, 0.1) is 5.92 Å². The van der Waals surface area contributed by atoms with Crippen molar-refractivity contribution in [3.63, 3.8) is 0 Å². The molecule has 0 aliphatic rings. The van der Waals surface area contributed by atoms with E-state index in [1.165, 1.54) is 6.92 Å². The van der Waals surface area contributed by atoms with E-state index in [0.29, 0.717) is 12.5 Å². The second-order valence-electron chi connectivity index (χ2n) is 3.20. The van der Waals surface area contributed by atoms with Gasteiger partial charge in [-0.15, -0.1) is 0 Å². The van der Waals surface area contributed by atoms with Crippen molar-refractivity contribution in [3.8, 4) is 0 Å². The molecule has 0 heterocycles. The highest BCUT2D eigenvalue weighted by atomic mass is 16.7. The summed E-state index contributed by atoms with van der Waals surface area (Å²) in [5.74, 6) is 0.418. The maximum absolute atomic E-state index is 10.3. The first kappa shape index (κ1) is 11.4. The smallest absolute Gasteiger partial charge is 0.304 e. The Morgan fingerprint density at radius 1 is 1.42 bits per heavy atom. The molecule has 0 rings (SSSR count). The van der Waals surface area contributed by atoms with Gasteiger partial charge < -0.3 is 9.47 Å². The van der Waals surface area contributed by atoms with Crippen molar-refractivity contribution in [3.05, 3.63) is 0 Å². The van der Waals surface area contributed by atoms with Crippen molar-refractivity contribution < 1.29 is 14.3 Å². The predicted octanol–water partition coefficient (Wildman–Crippen LogP) is 1.96. The SMILES string of the molecule is CC(=O)OCOCCCC(C)C. The standard InChI is InChI=1S/C9H18O3/c1-8(2)5-4-6-11-7-12-9(3)10/h8H,4-7H2,1-3H3. The summed E-state index contributed by atoms with van der Waals surface area (Å²) in [6.07, 6.45) is 2.18. The van der Waals surface area contributed by atoms with E-state index in [-0.39, 0.29) is 12.8 Å². The number of ether oxygens (including phenoxy) is 2. The second-order valence-corrected chi connectivity index (χ2v) is 3.20. The molecule has 0 aliphatic carbocycles. The van der Waals surface area contributed by atoms with Gasteiger partial charge in [-0.2, -0.15) is 0 Å². The fourth-order valence-electron chi connectivity index (χ4n) is 0.777. The normalized spacial score (nSPS) is 10.3. The number of hydrogen-bond donors (Lipinski definition) is 0. The molecule has 0 aliphatic heterocycles. The summed E-state index contributed by atoms with van der Waals surface area (Å²) in [6, 6.07) is 0. The maximum Gasteiger partial charge on any atom is 0.304 e. The summed E-state index contributed by atoms with van der Waals surface area (Å²) in [6.45, 7) is 6.48. The number of esters is 1. The van der Waals surface area contributed by atoms with Crippen molar-refractivity contribution in [2.24, 2.45) is 5.92 Å². The van der Waals surface area contributed by atoms with Gasteiger partial charge in [0.2, 0.25) is 0 Å². The van der Waals surface area contributed by atoms with E-state index in [1.54, 1.807) is 0 Å². The first-order valence-electron chi connectivity index (χ1n) is 4.34. The lowest BCUT2D eigenvalue weighted by Gasteiger charge is -2.05. The molecule has 0 fully saturated rings. The highest BCUT2D eigenvalue weighted by Gasteiger charge is 1.95. The fourth-order valence-corrected chi connectivity index (χ4v) is 0.777. The van der Waals surface area contributed by atoms with Crippen LogP contribution in [-0.4, -0.2) is 19.4 Å². The lowest BCUT2D eigenvalue weighted by molar-refractivity contribution is -0.153. The van der Waals surface area contributed by atoms with Crippen molar-refractivity contribution in [2.75, 3.05) is 13.4 Å². The van der Waals surface area contributed by atoms with Gasteiger partial charge in [0.25, 0.3) is 0 Å². The number of carbonyl (C=O) groups excluding carboxylic acids is 1. The van der Waals surface area contributed by atoms with E-state index >= 15 is 0 Å². The molecular weight excluding hydrogens is 156 g/mol. The molecule has 0 atom stereocenters. The Kier molecular flexibility index (Phi) is 6.76. The van der Waals surface area contributed by atoms with Gasteiger partial charge in [-0.25, -0.2) is 0 Å². The molecule has 0 aromatic heterocycles. The molecule has 72 valence electrons. The number of carbonyl (C=O) groups is 1. The third-order valence-corrected chi connectivity index (χ3v) is 1.42. The van der Waals surface area contributed by atoms with Gasteiger partial charge in [-0.1, -0.05) is 13.8 Å². The quantitative estimate of drug-likeness (QED) is 0.351. The zero-order chi connectivity index (χ0) is 9.40. The Bertz CT molecular complexity index is 121. The monoisotopic (exact) mass is 174 g/mol. The van der Waals surface area contributed by atoms with E-state index in [0.717, 1.165) is 12.8 Å². The number of hydrogen-bond acceptors (Lipinski definition) is 3. The lowest BCUT2D eigenvalue weighted by Crippen LogP contribution is -2.05. The van der Waals surface area contributed by atoms with Crippen LogP contribution in [0.2, 0.25) is 0 Å². The number of rotatable bonds is 6. The van der Waals surface area contributed by atoms with Crippen LogP contribution < -0.4 is 0 Å². The van der Waals surface area contributed by atoms with Crippen LogP contribution in [0.3, 0.4) is 0 Å². The summed E-state index contributed by atoms with van der Waals surface area (Å²) in [5, 5.41) is 0. The van der Waals surface area contributed by atoms with E-state index in [2.05, 4.69) is 18.6 Å². The average Bonchev–Trinajstić information content (AvgIpc) is 1.95. The largest absolute Gasteiger partial charge is 0.439 e. The van der Waals surface area contributed by atoms with E-state index in [1.807, 2.05) is 0 Å². The summed E-state index contributed by atoms with van der Waals surface area (Å²) in [4.78, 5) is 10.3.